The minimum Gasteiger partial charge on any atom is -0.347 e. The molecule has 0 bridgehead atoms. The number of piperidine rings is 1. The Bertz CT molecular complexity index is 1030. The van der Waals surface area contributed by atoms with Gasteiger partial charge in [0, 0.05) is 13.1 Å². The fourth-order valence-electron chi connectivity index (χ4n) is 3.39. The lowest BCUT2D eigenvalue weighted by atomic mass is 10.0. The van der Waals surface area contributed by atoms with E-state index in [0.29, 0.717) is 5.69 Å². The van der Waals surface area contributed by atoms with Gasteiger partial charge in [-0.2, -0.15) is 4.31 Å². The molecule has 1 saturated heterocycles. The summed E-state index contributed by atoms with van der Waals surface area (Å²) in [6.45, 7) is 3.87. The molecule has 3 atom stereocenters. The second kappa shape index (κ2) is 7.64. The molecular weight excluding hydrogens is 388 g/mol. The van der Waals surface area contributed by atoms with Gasteiger partial charge >= 0.3 is 0 Å². The predicted molar refractivity (Wildman–Crippen MR) is 103 cm³/mol. The summed E-state index contributed by atoms with van der Waals surface area (Å²) in [5.74, 6) is 1.95. The lowest BCUT2D eigenvalue weighted by molar-refractivity contribution is 0.186. The quantitative estimate of drug-likeness (QED) is 0.763. The zero-order valence-corrected chi connectivity index (χ0v) is 16.8. The average Bonchev–Trinajstić information content (AvgIpc) is 2.93. The van der Waals surface area contributed by atoms with Gasteiger partial charge in [-0.15, -0.1) is 11.5 Å². The van der Waals surface area contributed by atoms with Gasteiger partial charge in [-0.25, -0.2) is 26.7 Å². The van der Waals surface area contributed by atoms with Gasteiger partial charge in [-0.3, -0.25) is 0 Å². The van der Waals surface area contributed by atoms with Crippen LogP contribution in [0.5, 0.6) is 0 Å². The molecule has 0 aliphatic carbocycles. The van der Waals surface area contributed by atoms with Crippen LogP contribution >= 0.6 is 0 Å². The summed E-state index contributed by atoms with van der Waals surface area (Å²) in [6.07, 6.45) is 7.46. The minimum atomic E-state index is -3.44. The maximum Gasteiger partial charge on any atom is 0.241 e. The van der Waals surface area contributed by atoms with Crippen molar-refractivity contribution >= 4 is 21.5 Å². The number of sulfonamides is 1. The van der Waals surface area contributed by atoms with Gasteiger partial charge in [0.2, 0.25) is 16.0 Å². The first kappa shape index (κ1) is 20.5. The van der Waals surface area contributed by atoms with Crippen LogP contribution in [0.15, 0.2) is 6.20 Å². The van der Waals surface area contributed by atoms with Gasteiger partial charge in [0.15, 0.2) is 5.82 Å². The Kier molecular flexibility index (Phi) is 5.59. The first-order chi connectivity index (χ1) is 13.2. The van der Waals surface area contributed by atoms with Crippen molar-refractivity contribution in [3.63, 3.8) is 0 Å². The van der Waals surface area contributed by atoms with Gasteiger partial charge in [0.05, 0.1) is 29.8 Å². The van der Waals surface area contributed by atoms with E-state index in [0.717, 1.165) is 17.0 Å². The lowest BCUT2D eigenvalue weighted by Gasteiger charge is -2.33. The lowest BCUT2D eigenvalue weighted by Crippen LogP contribution is -2.49. The van der Waals surface area contributed by atoms with Crippen molar-refractivity contribution in [2.24, 2.45) is 0 Å². The molecule has 0 saturated carbocycles. The Morgan fingerprint density at radius 2 is 2.21 bits per heavy atom. The van der Waals surface area contributed by atoms with Crippen molar-refractivity contribution in [3.8, 4) is 12.3 Å². The van der Waals surface area contributed by atoms with E-state index in [9.17, 15) is 17.2 Å². The Hall–Kier alpha value is -2.25. The molecule has 1 N–H and O–H groups in total. The van der Waals surface area contributed by atoms with Crippen LogP contribution < -0.4 is 5.32 Å². The van der Waals surface area contributed by atoms with Crippen LogP contribution in [0.3, 0.4) is 0 Å². The summed E-state index contributed by atoms with van der Waals surface area (Å²) in [5.41, 5.74) is 0.898. The first-order valence-electron chi connectivity index (χ1n) is 9.06. The zero-order chi connectivity index (χ0) is 20.6. The van der Waals surface area contributed by atoms with Crippen LogP contribution in [0.2, 0.25) is 0 Å². The van der Waals surface area contributed by atoms with Gasteiger partial charge in [0.25, 0.3) is 0 Å². The third kappa shape index (κ3) is 3.69. The summed E-state index contributed by atoms with van der Waals surface area (Å²) in [4.78, 5) is 4.09. The molecule has 2 aromatic heterocycles. The molecule has 0 amide bonds. The Labute approximate surface area is 163 Å². The van der Waals surface area contributed by atoms with Crippen LogP contribution in [-0.2, 0) is 10.0 Å². The highest BCUT2D eigenvalue weighted by Gasteiger charge is 2.33. The van der Waals surface area contributed by atoms with Crippen molar-refractivity contribution in [1.82, 2.24) is 18.9 Å². The molecule has 1 fully saturated rings. The van der Waals surface area contributed by atoms with E-state index in [1.807, 2.05) is 13.8 Å². The van der Waals surface area contributed by atoms with Crippen LogP contribution in [0, 0.1) is 18.2 Å². The number of nitrogens with one attached hydrogen (secondary N) is 1. The van der Waals surface area contributed by atoms with Crippen molar-refractivity contribution in [1.29, 1.82) is 0 Å². The number of terminal acetylenes is 1. The predicted octanol–water partition coefficient (Wildman–Crippen LogP) is 2.15. The standard InChI is InChI=1S/C18H23F2N5O2S/c1-5-11(3)17-12(6-2)16(20)15-9-21-18(23-25(15)17)22-14-7-8-24(10-13(14)19)28(4,26)27/h2,9,11,13-14H,5,7-8,10H2,1,3-4H3,(H,22,23)/t11?,13-,14-/m1/s1. The highest BCUT2D eigenvalue weighted by atomic mass is 32.2. The molecule has 10 heteroatoms. The van der Waals surface area contributed by atoms with Crippen LogP contribution in [-0.4, -0.2) is 58.9 Å². The van der Waals surface area contributed by atoms with Crippen LogP contribution in [0.25, 0.3) is 5.52 Å². The van der Waals surface area contributed by atoms with E-state index < -0.39 is 28.1 Å². The number of fused-ring (bicyclic) bond motifs is 1. The van der Waals surface area contributed by atoms with E-state index in [1.54, 1.807) is 0 Å². The molecule has 1 unspecified atom stereocenters. The van der Waals surface area contributed by atoms with E-state index in [2.05, 4.69) is 21.3 Å². The third-order valence-electron chi connectivity index (χ3n) is 5.17. The first-order valence-corrected chi connectivity index (χ1v) is 10.9. The molecule has 28 heavy (non-hydrogen) atoms. The number of aromatic nitrogens is 3. The fraction of sp³-hybridized carbons (Fsp3) is 0.556. The van der Waals surface area contributed by atoms with E-state index in [1.165, 1.54) is 10.7 Å². The summed E-state index contributed by atoms with van der Waals surface area (Å²) >= 11 is 0. The second-order valence-corrected chi connectivity index (χ2v) is 9.07. The number of halogens is 2. The summed E-state index contributed by atoms with van der Waals surface area (Å²) in [6, 6.07) is -0.644. The van der Waals surface area contributed by atoms with Crippen molar-refractivity contribution < 1.29 is 17.2 Å². The molecule has 1 aliphatic rings. The fourth-order valence-corrected chi connectivity index (χ4v) is 4.24. The van der Waals surface area contributed by atoms with Crippen molar-refractivity contribution in [2.45, 2.75) is 44.8 Å². The monoisotopic (exact) mass is 411 g/mol. The van der Waals surface area contributed by atoms with E-state index in [-0.39, 0.29) is 42.5 Å². The van der Waals surface area contributed by atoms with Crippen molar-refractivity contribution in [3.05, 3.63) is 23.3 Å². The number of alkyl halides is 1. The number of hydrogen-bond acceptors (Lipinski definition) is 5. The third-order valence-corrected chi connectivity index (χ3v) is 6.44. The maximum atomic E-state index is 14.6. The summed E-state index contributed by atoms with van der Waals surface area (Å²) in [7, 11) is -3.44. The molecule has 152 valence electrons. The number of rotatable bonds is 5. The zero-order valence-electron chi connectivity index (χ0n) is 16.0. The molecule has 0 radical (unpaired) electrons. The van der Waals surface area contributed by atoms with Crippen LogP contribution in [0.1, 0.15) is 43.9 Å². The molecule has 7 nitrogen and oxygen atoms in total. The topological polar surface area (TPSA) is 79.6 Å². The molecule has 3 heterocycles. The van der Waals surface area contributed by atoms with Gasteiger partial charge < -0.3 is 5.32 Å². The smallest absolute Gasteiger partial charge is 0.241 e. The number of nitrogens with zero attached hydrogens (tertiary/aromatic N) is 4. The van der Waals surface area contributed by atoms with Gasteiger partial charge in [-0.05, 0) is 18.8 Å². The van der Waals surface area contributed by atoms with Crippen molar-refractivity contribution in [2.75, 3.05) is 24.7 Å². The second-order valence-electron chi connectivity index (χ2n) is 7.08. The van der Waals surface area contributed by atoms with E-state index in [4.69, 9.17) is 6.42 Å². The normalized spacial score (nSPS) is 22.1. The molecule has 1 aliphatic heterocycles. The van der Waals surface area contributed by atoms with Crippen LogP contribution in [0.4, 0.5) is 14.7 Å². The Morgan fingerprint density at radius 3 is 2.79 bits per heavy atom. The molecule has 3 rings (SSSR count). The molecule has 0 spiro atoms. The molecule has 0 aromatic carbocycles. The van der Waals surface area contributed by atoms with E-state index >= 15 is 0 Å². The summed E-state index contributed by atoms with van der Waals surface area (Å²) in [5, 5.41) is 7.24. The largest absolute Gasteiger partial charge is 0.347 e. The Balaban J connectivity index is 1.90. The molecular formula is C18H23F2N5O2S. The van der Waals surface area contributed by atoms with Gasteiger partial charge in [-0.1, -0.05) is 19.8 Å². The Morgan fingerprint density at radius 1 is 1.50 bits per heavy atom. The maximum absolute atomic E-state index is 14.6. The average molecular weight is 411 g/mol. The van der Waals surface area contributed by atoms with Gasteiger partial charge in [0.1, 0.15) is 11.7 Å². The number of hydrogen-bond donors (Lipinski definition) is 1. The minimum absolute atomic E-state index is 0.0299. The highest BCUT2D eigenvalue weighted by molar-refractivity contribution is 7.88. The SMILES string of the molecule is C#Cc1c(F)c2cnc(N[C@@H]3CCN(S(C)(=O)=O)C[C@H]3F)nn2c1C(C)CC. The molecule has 2 aromatic rings. The number of anilines is 1. The summed E-state index contributed by atoms with van der Waals surface area (Å²) < 4.78 is 54.8. The highest BCUT2D eigenvalue weighted by Crippen LogP contribution is 2.29.